The van der Waals surface area contributed by atoms with Crippen LogP contribution in [0.3, 0.4) is 0 Å². The van der Waals surface area contributed by atoms with Crippen molar-refractivity contribution in [1.82, 2.24) is 9.55 Å². The van der Waals surface area contributed by atoms with Gasteiger partial charge in [0.15, 0.2) is 11.5 Å². The second-order valence-corrected chi connectivity index (χ2v) is 7.55. The quantitative estimate of drug-likeness (QED) is 0.466. The summed E-state index contributed by atoms with van der Waals surface area (Å²) in [4.78, 5) is 17.9. The lowest BCUT2D eigenvalue weighted by Crippen LogP contribution is -2.13. The fraction of sp³-hybridized carbons (Fsp3) is 0.200. The van der Waals surface area contributed by atoms with Crippen LogP contribution in [-0.4, -0.2) is 29.7 Å². The van der Waals surface area contributed by atoms with E-state index in [2.05, 4.69) is 17.1 Å². The lowest BCUT2D eigenvalue weighted by atomic mass is 10.1. The zero-order valence-corrected chi connectivity index (χ0v) is 16.9. The Morgan fingerprint density at radius 3 is 2.57 bits per heavy atom. The minimum Gasteiger partial charge on any atom is -0.493 e. The fourth-order valence-corrected chi connectivity index (χ4v) is 4.18. The number of aromatic nitrogens is 2. The van der Waals surface area contributed by atoms with Gasteiger partial charge in [0, 0.05) is 29.3 Å². The summed E-state index contributed by atoms with van der Waals surface area (Å²) in [5.74, 6) is 1.69. The predicted molar refractivity (Wildman–Crippen MR) is 116 cm³/mol. The van der Waals surface area contributed by atoms with Crippen LogP contribution in [0.1, 0.15) is 22.7 Å². The third-order valence-corrected chi connectivity index (χ3v) is 5.83. The van der Waals surface area contributed by atoms with Gasteiger partial charge in [0.05, 0.1) is 14.2 Å². The van der Waals surface area contributed by atoms with Gasteiger partial charge >= 0.3 is 0 Å². The van der Waals surface area contributed by atoms with E-state index in [1.165, 1.54) is 5.56 Å². The third kappa shape index (κ3) is 3.03. The number of hydrogen-bond acceptors (Lipinski definition) is 4. The van der Waals surface area contributed by atoms with Gasteiger partial charge < -0.3 is 9.47 Å². The van der Waals surface area contributed by atoms with Crippen LogP contribution in [0.4, 0.5) is 0 Å². The summed E-state index contributed by atoms with van der Waals surface area (Å²) in [6.07, 6.45) is 4.51. The zero-order chi connectivity index (χ0) is 20.7. The van der Waals surface area contributed by atoms with Crippen molar-refractivity contribution in [3.63, 3.8) is 0 Å². The molecule has 1 aliphatic rings. The number of benzene rings is 2. The molecule has 150 valence electrons. The van der Waals surface area contributed by atoms with Crippen LogP contribution in [-0.2, 0) is 0 Å². The fourth-order valence-electron chi connectivity index (χ4n) is 4.18. The molecule has 0 spiro atoms. The molecule has 0 bridgehead atoms. The van der Waals surface area contributed by atoms with Crippen molar-refractivity contribution in [1.29, 1.82) is 0 Å². The van der Waals surface area contributed by atoms with E-state index in [9.17, 15) is 4.79 Å². The van der Waals surface area contributed by atoms with Crippen molar-refractivity contribution in [2.45, 2.75) is 12.3 Å². The second kappa shape index (κ2) is 7.34. The molecular weight excluding hydrogens is 376 g/mol. The molecule has 1 aliphatic carbocycles. The Balaban J connectivity index is 1.55. The van der Waals surface area contributed by atoms with Crippen molar-refractivity contribution >= 4 is 16.9 Å². The maximum absolute atomic E-state index is 13.4. The molecule has 2 aromatic carbocycles. The van der Waals surface area contributed by atoms with Crippen LogP contribution >= 0.6 is 0 Å². The van der Waals surface area contributed by atoms with Gasteiger partial charge in [0.1, 0.15) is 5.65 Å². The molecule has 2 heterocycles. The Morgan fingerprint density at radius 2 is 1.80 bits per heavy atom. The summed E-state index contributed by atoms with van der Waals surface area (Å²) in [7, 11) is 3.23. The number of carbonyl (C=O) groups is 1. The van der Waals surface area contributed by atoms with E-state index < -0.39 is 0 Å². The highest BCUT2D eigenvalue weighted by atomic mass is 16.5. The van der Waals surface area contributed by atoms with E-state index in [-0.39, 0.29) is 17.7 Å². The largest absolute Gasteiger partial charge is 0.493 e. The summed E-state index contributed by atoms with van der Waals surface area (Å²) in [6.45, 7) is 0. The number of pyridine rings is 1. The second-order valence-electron chi connectivity index (χ2n) is 7.55. The molecule has 30 heavy (non-hydrogen) atoms. The summed E-state index contributed by atoms with van der Waals surface area (Å²) in [5.41, 5.74) is 3.81. The van der Waals surface area contributed by atoms with Crippen LogP contribution in [0.15, 0.2) is 73.1 Å². The maximum Gasteiger partial charge on any atom is 0.236 e. The summed E-state index contributed by atoms with van der Waals surface area (Å²) in [6, 6.07) is 19.9. The molecule has 0 saturated heterocycles. The molecule has 2 atom stereocenters. The molecule has 0 radical (unpaired) electrons. The molecule has 4 aromatic rings. The maximum atomic E-state index is 13.4. The normalized spacial score (nSPS) is 17.7. The summed E-state index contributed by atoms with van der Waals surface area (Å²) < 4.78 is 12.5. The lowest BCUT2D eigenvalue weighted by molar-refractivity contribution is 0.0888. The van der Waals surface area contributed by atoms with E-state index in [1.54, 1.807) is 25.0 Å². The first kappa shape index (κ1) is 18.4. The van der Waals surface area contributed by atoms with Crippen molar-refractivity contribution < 1.29 is 14.3 Å². The Kier molecular flexibility index (Phi) is 4.51. The van der Waals surface area contributed by atoms with Crippen molar-refractivity contribution in [3.05, 3.63) is 78.6 Å². The van der Waals surface area contributed by atoms with Crippen LogP contribution in [0, 0.1) is 5.92 Å². The van der Waals surface area contributed by atoms with Gasteiger partial charge in [0.25, 0.3) is 0 Å². The van der Waals surface area contributed by atoms with Gasteiger partial charge in [-0.05, 0) is 47.7 Å². The molecule has 0 aliphatic heterocycles. The number of carbonyl (C=O) groups excluding carboxylic acids is 1. The number of rotatable bonds is 5. The highest BCUT2D eigenvalue weighted by Gasteiger charge is 2.45. The van der Waals surface area contributed by atoms with Crippen LogP contribution in [0.5, 0.6) is 11.5 Å². The van der Waals surface area contributed by atoms with Crippen LogP contribution < -0.4 is 9.47 Å². The van der Waals surface area contributed by atoms with E-state index >= 15 is 0 Å². The highest BCUT2D eigenvalue weighted by molar-refractivity contribution is 6.01. The Bertz CT molecular complexity index is 1230. The lowest BCUT2D eigenvalue weighted by Gasteiger charge is -2.09. The van der Waals surface area contributed by atoms with E-state index in [0.717, 1.165) is 22.9 Å². The molecule has 2 aromatic heterocycles. The van der Waals surface area contributed by atoms with Crippen molar-refractivity contribution in [2.75, 3.05) is 14.2 Å². The average molecular weight is 398 g/mol. The number of ether oxygens (including phenoxy) is 2. The number of methoxy groups -OCH3 is 2. The van der Waals surface area contributed by atoms with Gasteiger partial charge in [-0.25, -0.2) is 4.98 Å². The number of nitrogens with zero attached hydrogens (tertiary/aromatic N) is 2. The Hall–Kier alpha value is -3.60. The molecule has 1 fully saturated rings. The van der Waals surface area contributed by atoms with Crippen LogP contribution in [0.2, 0.25) is 0 Å². The molecule has 0 amide bonds. The van der Waals surface area contributed by atoms with Crippen LogP contribution in [0.25, 0.3) is 22.2 Å². The molecule has 5 heteroatoms. The third-order valence-electron chi connectivity index (χ3n) is 5.83. The number of fused-ring (bicyclic) bond motifs is 1. The molecule has 1 saturated carbocycles. The molecular formula is C25H22N2O3. The first-order valence-electron chi connectivity index (χ1n) is 9.99. The minimum atomic E-state index is -0.0109. The predicted octanol–water partition coefficient (Wildman–Crippen LogP) is 5.16. The zero-order valence-electron chi connectivity index (χ0n) is 16.9. The molecule has 0 N–H and O–H groups in total. The van der Waals surface area contributed by atoms with Crippen molar-refractivity contribution in [2.24, 2.45) is 5.92 Å². The van der Waals surface area contributed by atoms with Gasteiger partial charge in [-0.1, -0.05) is 36.4 Å². The van der Waals surface area contributed by atoms with Gasteiger partial charge in [-0.15, -0.1) is 0 Å². The molecule has 5 nitrogen and oxygen atoms in total. The molecule has 5 rings (SSSR count). The van der Waals surface area contributed by atoms with Gasteiger partial charge in [-0.2, -0.15) is 0 Å². The van der Waals surface area contributed by atoms with E-state index in [4.69, 9.17) is 9.47 Å². The van der Waals surface area contributed by atoms with Crippen molar-refractivity contribution in [3.8, 4) is 22.6 Å². The monoisotopic (exact) mass is 398 g/mol. The highest BCUT2D eigenvalue weighted by Crippen LogP contribution is 2.49. The molecule has 0 unspecified atom stereocenters. The standard InChI is InChI=1S/C25H22N2O3/c1-29-22-11-10-17(13-23(22)30-2)21-15-27(24-18(21)9-6-12-26-24)25(28)20-14-19(20)16-7-4-3-5-8-16/h3-13,15,19-20H,14H2,1-2H3/t19-,20+/m0/s1. The SMILES string of the molecule is COc1ccc(-c2cn(C(=O)[C@@H]3C[C@H]3c3ccccc3)c3ncccc23)cc1OC. The first-order valence-corrected chi connectivity index (χ1v) is 9.99. The average Bonchev–Trinajstić information content (AvgIpc) is 3.52. The summed E-state index contributed by atoms with van der Waals surface area (Å²) in [5, 5.41) is 0.940. The van der Waals surface area contributed by atoms with E-state index in [1.807, 2.05) is 54.7 Å². The number of hydrogen-bond donors (Lipinski definition) is 0. The Morgan fingerprint density at radius 1 is 1.00 bits per heavy atom. The smallest absolute Gasteiger partial charge is 0.236 e. The van der Waals surface area contributed by atoms with E-state index in [0.29, 0.717) is 17.1 Å². The first-order chi connectivity index (χ1) is 14.7. The minimum absolute atomic E-state index is 0.0109. The Labute approximate surface area is 174 Å². The topological polar surface area (TPSA) is 53.4 Å². The van der Waals surface area contributed by atoms with Gasteiger partial charge in [0.2, 0.25) is 5.91 Å². The summed E-state index contributed by atoms with van der Waals surface area (Å²) >= 11 is 0. The van der Waals surface area contributed by atoms with Gasteiger partial charge in [-0.3, -0.25) is 9.36 Å².